The molecule has 1 aromatic rings. The van der Waals surface area contributed by atoms with E-state index in [1.165, 1.54) is 0 Å². The van der Waals surface area contributed by atoms with Crippen molar-refractivity contribution in [2.75, 3.05) is 6.61 Å². The summed E-state index contributed by atoms with van der Waals surface area (Å²) in [5.41, 5.74) is 0. The van der Waals surface area contributed by atoms with Crippen LogP contribution in [0.2, 0.25) is 0 Å². The molecule has 0 fully saturated rings. The molecule has 0 spiro atoms. The highest BCUT2D eigenvalue weighted by Crippen LogP contribution is 2.09. The van der Waals surface area contributed by atoms with E-state index in [9.17, 15) is 4.79 Å². The van der Waals surface area contributed by atoms with E-state index < -0.39 is 5.97 Å². The molecule has 0 atom stereocenters. The van der Waals surface area contributed by atoms with Crippen molar-refractivity contribution in [1.29, 1.82) is 0 Å². The molecule has 0 aliphatic rings. The Balaban J connectivity index is 2.22. The molecule has 0 aliphatic carbocycles. The van der Waals surface area contributed by atoms with Crippen molar-refractivity contribution in [1.82, 2.24) is 9.78 Å². The maximum Gasteiger partial charge on any atom is 0.303 e. The number of aromatic nitrogens is 2. The third kappa shape index (κ3) is 4.49. The van der Waals surface area contributed by atoms with Crippen molar-refractivity contribution in [3.63, 3.8) is 0 Å². The standard InChI is InChI=1S/C10H16N2O3/c1-2-5-12-8-9(7-11-12)15-6-3-4-10(13)14/h7-8H,2-6H2,1H3,(H,13,14). The lowest BCUT2D eigenvalue weighted by Crippen LogP contribution is -2.01. The summed E-state index contributed by atoms with van der Waals surface area (Å²) >= 11 is 0. The zero-order chi connectivity index (χ0) is 11.1. The summed E-state index contributed by atoms with van der Waals surface area (Å²) in [4.78, 5) is 10.2. The number of ether oxygens (including phenoxy) is 1. The first-order chi connectivity index (χ1) is 7.22. The Morgan fingerprint density at radius 2 is 2.47 bits per heavy atom. The van der Waals surface area contributed by atoms with Gasteiger partial charge in [0.05, 0.1) is 19.0 Å². The van der Waals surface area contributed by atoms with Crippen molar-refractivity contribution in [3.05, 3.63) is 12.4 Å². The number of hydrogen-bond acceptors (Lipinski definition) is 3. The van der Waals surface area contributed by atoms with Gasteiger partial charge in [0.2, 0.25) is 0 Å². The highest BCUT2D eigenvalue weighted by atomic mass is 16.5. The Kier molecular flexibility index (Phi) is 4.66. The molecule has 0 aromatic carbocycles. The summed E-state index contributed by atoms with van der Waals surface area (Å²) in [6.07, 6.45) is 5.16. The molecule has 0 unspecified atom stereocenters. The topological polar surface area (TPSA) is 64.3 Å². The van der Waals surface area contributed by atoms with Gasteiger partial charge in [-0.15, -0.1) is 0 Å². The lowest BCUT2D eigenvalue weighted by molar-refractivity contribution is -0.137. The summed E-state index contributed by atoms with van der Waals surface area (Å²) in [7, 11) is 0. The minimum absolute atomic E-state index is 0.142. The van der Waals surface area contributed by atoms with E-state index in [1.54, 1.807) is 6.20 Å². The first kappa shape index (κ1) is 11.6. The average Bonchev–Trinajstić information content (AvgIpc) is 2.61. The van der Waals surface area contributed by atoms with Gasteiger partial charge in [-0.2, -0.15) is 5.10 Å². The molecule has 0 saturated heterocycles. The van der Waals surface area contributed by atoms with Gasteiger partial charge in [-0.1, -0.05) is 6.92 Å². The van der Waals surface area contributed by atoms with E-state index in [2.05, 4.69) is 12.0 Å². The fourth-order valence-corrected chi connectivity index (χ4v) is 1.18. The molecule has 1 aromatic heterocycles. The highest BCUT2D eigenvalue weighted by Gasteiger charge is 2.00. The minimum atomic E-state index is -0.791. The average molecular weight is 212 g/mol. The van der Waals surface area contributed by atoms with Crippen LogP contribution in [-0.4, -0.2) is 27.5 Å². The number of hydrogen-bond donors (Lipinski definition) is 1. The van der Waals surface area contributed by atoms with Crippen LogP contribution in [0, 0.1) is 0 Å². The number of aliphatic carboxylic acids is 1. The monoisotopic (exact) mass is 212 g/mol. The van der Waals surface area contributed by atoms with Crippen LogP contribution in [0.4, 0.5) is 0 Å². The van der Waals surface area contributed by atoms with E-state index in [4.69, 9.17) is 9.84 Å². The summed E-state index contributed by atoms with van der Waals surface area (Å²) in [5.74, 6) is -0.0888. The van der Waals surface area contributed by atoms with Crippen LogP contribution in [0.25, 0.3) is 0 Å². The fraction of sp³-hybridized carbons (Fsp3) is 0.600. The van der Waals surface area contributed by atoms with E-state index in [0.29, 0.717) is 18.8 Å². The normalized spacial score (nSPS) is 10.2. The van der Waals surface area contributed by atoms with E-state index in [1.807, 2.05) is 10.9 Å². The van der Waals surface area contributed by atoms with Crippen LogP contribution in [0.5, 0.6) is 5.75 Å². The van der Waals surface area contributed by atoms with Crippen LogP contribution in [0.15, 0.2) is 12.4 Å². The summed E-state index contributed by atoms with van der Waals surface area (Å²) in [6.45, 7) is 3.37. The Morgan fingerprint density at radius 3 is 3.13 bits per heavy atom. The molecule has 0 saturated carbocycles. The number of rotatable bonds is 7. The predicted octanol–water partition coefficient (Wildman–Crippen LogP) is 1.54. The zero-order valence-corrected chi connectivity index (χ0v) is 8.85. The molecule has 0 aliphatic heterocycles. The Labute approximate surface area is 88.7 Å². The minimum Gasteiger partial charge on any atom is -0.490 e. The predicted molar refractivity (Wildman–Crippen MR) is 54.9 cm³/mol. The maximum absolute atomic E-state index is 10.2. The Bertz CT molecular complexity index is 309. The second-order valence-electron chi connectivity index (χ2n) is 3.28. The molecule has 1 rings (SSSR count). The summed E-state index contributed by atoms with van der Waals surface area (Å²) in [6, 6.07) is 0. The molecular formula is C10H16N2O3. The maximum atomic E-state index is 10.2. The SMILES string of the molecule is CCCn1cc(OCCCC(=O)O)cn1. The first-order valence-corrected chi connectivity index (χ1v) is 5.09. The van der Waals surface area contributed by atoms with Crippen molar-refractivity contribution in [2.45, 2.75) is 32.7 Å². The van der Waals surface area contributed by atoms with E-state index >= 15 is 0 Å². The van der Waals surface area contributed by atoms with E-state index in [-0.39, 0.29) is 6.42 Å². The molecule has 0 bridgehead atoms. The lowest BCUT2D eigenvalue weighted by Gasteiger charge is -2.00. The lowest BCUT2D eigenvalue weighted by atomic mass is 10.3. The quantitative estimate of drug-likeness (QED) is 0.696. The van der Waals surface area contributed by atoms with Crippen molar-refractivity contribution >= 4 is 5.97 Å². The van der Waals surface area contributed by atoms with Gasteiger partial charge in [-0.05, 0) is 12.8 Å². The molecule has 15 heavy (non-hydrogen) atoms. The van der Waals surface area contributed by atoms with Crippen LogP contribution in [-0.2, 0) is 11.3 Å². The van der Waals surface area contributed by atoms with Gasteiger partial charge in [0.1, 0.15) is 0 Å². The Hall–Kier alpha value is -1.52. The number of carbonyl (C=O) groups is 1. The smallest absolute Gasteiger partial charge is 0.303 e. The molecule has 0 radical (unpaired) electrons. The molecule has 84 valence electrons. The number of nitrogens with zero attached hydrogens (tertiary/aromatic N) is 2. The second-order valence-corrected chi connectivity index (χ2v) is 3.28. The van der Waals surface area contributed by atoms with Crippen LogP contribution < -0.4 is 4.74 Å². The van der Waals surface area contributed by atoms with Crippen molar-refractivity contribution in [2.24, 2.45) is 0 Å². The van der Waals surface area contributed by atoms with Gasteiger partial charge in [0, 0.05) is 13.0 Å². The van der Waals surface area contributed by atoms with Gasteiger partial charge >= 0.3 is 5.97 Å². The van der Waals surface area contributed by atoms with Gasteiger partial charge < -0.3 is 9.84 Å². The first-order valence-electron chi connectivity index (χ1n) is 5.09. The highest BCUT2D eigenvalue weighted by molar-refractivity contribution is 5.66. The molecule has 5 nitrogen and oxygen atoms in total. The number of carboxylic acid groups (broad SMARTS) is 1. The molecule has 1 N–H and O–H groups in total. The van der Waals surface area contributed by atoms with E-state index in [0.717, 1.165) is 13.0 Å². The summed E-state index contributed by atoms with van der Waals surface area (Å²) < 4.78 is 7.15. The zero-order valence-electron chi connectivity index (χ0n) is 8.85. The van der Waals surface area contributed by atoms with Crippen LogP contribution in [0.3, 0.4) is 0 Å². The van der Waals surface area contributed by atoms with Crippen molar-refractivity contribution in [3.8, 4) is 5.75 Å². The van der Waals surface area contributed by atoms with Gasteiger partial charge in [-0.3, -0.25) is 9.48 Å². The van der Waals surface area contributed by atoms with Crippen LogP contribution >= 0.6 is 0 Å². The van der Waals surface area contributed by atoms with Gasteiger partial charge in [-0.25, -0.2) is 0 Å². The molecular weight excluding hydrogens is 196 g/mol. The molecule has 1 heterocycles. The van der Waals surface area contributed by atoms with Crippen LogP contribution in [0.1, 0.15) is 26.2 Å². The third-order valence-electron chi connectivity index (χ3n) is 1.87. The van der Waals surface area contributed by atoms with Gasteiger partial charge in [0.15, 0.2) is 5.75 Å². The molecule has 5 heteroatoms. The van der Waals surface area contributed by atoms with Crippen molar-refractivity contribution < 1.29 is 14.6 Å². The number of carboxylic acids is 1. The summed E-state index contributed by atoms with van der Waals surface area (Å²) in [5, 5.41) is 12.5. The Morgan fingerprint density at radius 1 is 1.67 bits per heavy atom. The third-order valence-corrected chi connectivity index (χ3v) is 1.87. The second kappa shape index (κ2) is 6.06. The largest absolute Gasteiger partial charge is 0.490 e. The molecule has 0 amide bonds. The fourth-order valence-electron chi connectivity index (χ4n) is 1.18. The van der Waals surface area contributed by atoms with Gasteiger partial charge in [0.25, 0.3) is 0 Å². The number of aryl methyl sites for hydroxylation is 1.